The fourth-order valence-electron chi connectivity index (χ4n) is 3.49. The van der Waals surface area contributed by atoms with Crippen LogP contribution >= 0.6 is 0 Å². The molecule has 0 amide bonds. The van der Waals surface area contributed by atoms with Crippen molar-refractivity contribution >= 4 is 16.8 Å². The molecule has 5 rings (SSSR count). The van der Waals surface area contributed by atoms with E-state index in [1.807, 2.05) is 25.1 Å². The third-order valence-electron chi connectivity index (χ3n) is 5.18. The van der Waals surface area contributed by atoms with Crippen LogP contribution in [0.5, 0.6) is 17.4 Å². The van der Waals surface area contributed by atoms with Gasteiger partial charge in [0.1, 0.15) is 12.1 Å². The Morgan fingerprint density at radius 1 is 1.10 bits per heavy atom. The molecule has 1 atom stereocenters. The molecule has 0 saturated carbocycles. The van der Waals surface area contributed by atoms with Gasteiger partial charge in [-0.05, 0) is 42.3 Å². The Morgan fingerprint density at radius 3 is 2.84 bits per heavy atom. The molecule has 31 heavy (non-hydrogen) atoms. The monoisotopic (exact) mass is 417 g/mol. The van der Waals surface area contributed by atoms with Crippen molar-refractivity contribution in [2.45, 2.75) is 13.0 Å². The van der Waals surface area contributed by atoms with E-state index in [2.05, 4.69) is 15.3 Å². The predicted molar refractivity (Wildman–Crippen MR) is 115 cm³/mol. The molecule has 156 valence electrons. The molecule has 0 aliphatic carbocycles. The molecular formula is C23H19N3O5. The number of fused-ring (bicyclic) bond motifs is 2. The van der Waals surface area contributed by atoms with Gasteiger partial charge in [-0.2, -0.15) is 0 Å². The van der Waals surface area contributed by atoms with Gasteiger partial charge in [-0.25, -0.2) is 9.97 Å². The summed E-state index contributed by atoms with van der Waals surface area (Å²) in [5.41, 5.74) is 2.38. The fraction of sp³-hybridized carbons (Fsp3) is 0.174. The van der Waals surface area contributed by atoms with Gasteiger partial charge in [-0.3, -0.25) is 4.79 Å². The number of pyridine rings is 2. The van der Waals surface area contributed by atoms with Crippen molar-refractivity contribution in [1.29, 1.82) is 0 Å². The highest BCUT2D eigenvalue weighted by Gasteiger charge is 2.17. The van der Waals surface area contributed by atoms with Gasteiger partial charge in [0.25, 0.3) is 0 Å². The van der Waals surface area contributed by atoms with Crippen molar-refractivity contribution < 1.29 is 18.6 Å². The largest absolute Gasteiger partial charge is 0.481 e. The zero-order valence-electron chi connectivity index (χ0n) is 16.9. The van der Waals surface area contributed by atoms with Crippen molar-refractivity contribution in [2.24, 2.45) is 0 Å². The molecule has 4 heterocycles. The maximum Gasteiger partial charge on any atom is 0.231 e. The van der Waals surface area contributed by atoms with Gasteiger partial charge in [0.2, 0.25) is 18.1 Å². The van der Waals surface area contributed by atoms with Crippen molar-refractivity contribution in [2.75, 3.05) is 19.2 Å². The molecule has 1 aromatic carbocycles. The maximum absolute atomic E-state index is 13.2. The molecule has 4 aromatic rings. The number of ether oxygens (including phenoxy) is 3. The molecule has 8 heteroatoms. The first-order valence-electron chi connectivity index (χ1n) is 9.70. The Morgan fingerprint density at radius 2 is 1.97 bits per heavy atom. The first-order valence-corrected chi connectivity index (χ1v) is 9.70. The van der Waals surface area contributed by atoms with E-state index in [0.29, 0.717) is 45.3 Å². The van der Waals surface area contributed by atoms with Crippen LogP contribution in [0.3, 0.4) is 0 Å². The van der Waals surface area contributed by atoms with Crippen LogP contribution in [0.25, 0.3) is 22.1 Å². The minimum absolute atomic E-state index is 0.0778. The normalized spacial score (nSPS) is 13.2. The molecule has 1 aliphatic rings. The smallest absolute Gasteiger partial charge is 0.231 e. The number of rotatable bonds is 5. The number of hydrogen-bond donors (Lipinski definition) is 1. The molecule has 0 fully saturated rings. The average Bonchev–Trinajstić information content (AvgIpc) is 3.27. The van der Waals surface area contributed by atoms with Gasteiger partial charge < -0.3 is 23.9 Å². The molecule has 0 radical (unpaired) electrons. The SMILES string of the molecule is COc1cc([C@H](C)Nc2cc3c(=O)c(-c4ccc5c(c4)OCO5)coc3cn2)ccn1. The lowest BCUT2D eigenvalue weighted by molar-refractivity contribution is 0.174. The number of hydrogen-bond acceptors (Lipinski definition) is 8. The summed E-state index contributed by atoms with van der Waals surface area (Å²) in [5.74, 6) is 2.36. The lowest BCUT2D eigenvalue weighted by Gasteiger charge is -2.15. The molecular weight excluding hydrogens is 398 g/mol. The Kier molecular flexibility index (Phi) is 4.66. The summed E-state index contributed by atoms with van der Waals surface area (Å²) < 4.78 is 21.6. The third kappa shape index (κ3) is 3.52. The van der Waals surface area contributed by atoms with Crippen LogP contribution in [-0.4, -0.2) is 23.9 Å². The minimum Gasteiger partial charge on any atom is -0.481 e. The molecule has 0 spiro atoms. The molecule has 1 N–H and O–H groups in total. The van der Waals surface area contributed by atoms with Crippen LogP contribution in [0, 0.1) is 0 Å². The second kappa shape index (κ2) is 7.64. The zero-order valence-corrected chi connectivity index (χ0v) is 16.9. The quantitative estimate of drug-likeness (QED) is 0.517. The lowest BCUT2D eigenvalue weighted by atomic mass is 10.1. The van der Waals surface area contributed by atoms with Crippen molar-refractivity contribution in [3.63, 3.8) is 0 Å². The summed E-state index contributed by atoms with van der Waals surface area (Å²) in [4.78, 5) is 21.7. The van der Waals surface area contributed by atoms with E-state index in [1.165, 1.54) is 6.26 Å². The predicted octanol–water partition coefficient (Wildman–Crippen LogP) is 4.16. The van der Waals surface area contributed by atoms with E-state index in [1.54, 1.807) is 37.7 Å². The van der Waals surface area contributed by atoms with Crippen LogP contribution in [0.4, 0.5) is 5.82 Å². The highest BCUT2D eigenvalue weighted by molar-refractivity contribution is 5.83. The fourth-order valence-corrected chi connectivity index (χ4v) is 3.49. The second-order valence-corrected chi connectivity index (χ2v) is 7.11. The summed E-state index contributed by atoms with van der Waals surface area (Å²) >= 11 is 0. The van der Waals surface area contributed by atoms with Crippen LogP contribution in [0.1, 0.15) is 18.5 Å². The highest BCUT2D eigenvalue weighted by Crippen LogP contribution is 2.35. The van der Waals surface area contributed by atoms with Gasteiger partial charge >= 0.3 is 0 Å². The number of nitrogens with one attached hydrogen (secondary N) is 1. The minimum atomic E-state index is -0.149. The Balaban J connectivity index is 1.49. The lowest BCUT2D eigenvalue weighted by Crippen LogP contribution is -2.10. The maximum atomic E-state index is 13.2. The van der Waals surface area contributed by atoms with E-state index < -0.39 is 0 Å². The zero-order chi connectivity index (χ0) is 21.4. The van der Waals surface area contributed by atoms with Gasteiger partial charge in [0.15, 0.2) is 17.1 Å². The Hall–Kier alpha value is -4.07. The molecule has 1 aliphatic heterocycles. The van der Waals surface area contributed by atoms with Crippen molar-refractivity contribution in [1.82, 2.24) is 9.97 Å². The van der Waals surface area contributed by atoms with E-state index >= 15 is 0 Å². The Labute approximate surface area is 177 Å². The van der Waals surface area contributed by atoms with Crippen molar-refractivity contribution in [3.05, 3.63) is 70.8 Å². The average molecular weight is 417 g/mol. The standard InChI is InChI=1S/C23H19N3O5/c1-13(14-5-6-24-22(8-14)28-2)26-21-9-16-20(10-25-21)29-11-17(23(16)27)15-3-4-18-19(7-15)31-12-30-18/h3-11,13H,12H2,1-2H3,(H,25,26)/t13-/m0/s1. The summed E-state index contributed by atoms with van der Waals surface area (Å²) in [7, 11) is 1.58. The van der Waals surface area contributed by atoms with Crippen LogP contribution in [-0.2, 0) is 0 Å². The van der Waals surface area contributed by atoms with E-state index in [-0.39, 0.29) is 18.3 Å². The van der Waals surface area contributed by atoms with Gasteiger partial charge in [0, 0.05) is 12.3 Å². The number of methoxy groups -OCH3 is 1. The molecule has 0 bridgehead atoms. The van der Waals surface area contributed by atoms with Gasteiger partial charge in [-0.15, -0.1) is 0 Å². The van der Waals surface area contributed by atoms with Crippen LogP contribution < -0.4 is 25.0 Å². The first kappa shape index (κ1) is 18.9. The Bertz CT molecular complexity index is 1330. The summed E-state index contributed by atoms with van der Waals surface area (Å²) in [6, 6.07) is 10.7. The van der Waals surface area contributed by atoms with Crippen molar-refractivity contribution in [3.8, 4) is 28.5 Å². The van der Waals surface area contributed by atoms with Crippen LogP contribution in [0.15, 0.2) is 64.3 Å². The van der Waals surface area contributed by atoms with E-state index in [4.69, 9.17) is 18.6 Å². The van der Waals surface area contributed by atoms with Gasteiger partial charge in [0.05, 0.1) is 30.3 Å². The molecule has 8 nitrogen and oxygen atoms in total. The van der Waals surface area contributed by atoms with E-state index in [9.17, 15) is 4.79 Å². The van der Waals surface area contributed by atoms with E-state index in [0.717, 1.165) is 5.56 Å². The topological polar surface area (TPSA) is 95.7 Å². The second-order valence-electron chi connectivity index (χ2n) is 7.11. The van der Waals surface area contributed by atoms with Crippen LogP contribution in [0.2, 0.25) is 0 Å². The first-order chi connectivity index (χ1) is 15.1. The molecule has 3 aromatic heterocycles. The summed E-state index contributed by atoms with van der Waals surface area (Å²) in [6.07, 6.45) is 4.68. The number of anilines is 1. The number of benzene rings is 1. The van der Waals surface area contributed by atoms with Gasteiger partial charge in [-0.1, -0.05) is 6.07 Å². The number of aromatic nitrogens is 2. The molecule has 0 unspecified atom stereocenters. The summed E-state index contributed by atoms with van der Waals surface area (Å²) in [5, 5.41) is 3.75. The highest BCUT2D eigenvalue weighted by atomic mass is 16.7. The number of nitrogens with zero attached hydrogens (tertiary/aromatic N) is 2. The summed E-state index contributed by atoms with van der Waals surface area (Å²) in [6.45, 7) is 2.17. The molecule has 0 saturated heterocycles. The third-order valence-corrected chi connectivity index (χ3v) is 5.18.